The summed E-state index contributed by atoms with van der Waals surface area (Å²) in [7, 11) is 1.51. The average molecular weight is 312 g/mol. The molecule has 2 aliphatic heterocycles. The zero-order valence-corrected chi connectivity index (χ0v) is 13.9. The van der Waals surface area contributed by atoms with Crippen LogP contribution in [-0.4, -0.2) is 62.3 Å². The maximum atomic E-state index is 12.0. The Balaban J connectivity index is 1.66. The van der Waals surface area contributed by atoms with E-state index in [0.29, 0.717) is 31.4 Å². The number of likely N-dealkylation sites (tertiary alicyclic amines) is 1. The van der Waals surface area contributed by atoms with Gasteiger partial charge in [0.1, 0.15) is 12.2 Å². The fourth-order valence-corrected chi connectivity index (χ4v) is 3.07. The summed E-state index contributed by atoms with van der Waals surface area (Å²) in [6.45, 7) is 6.96. The molecular weight excluding hydrogens is 284 g/mol. The van der Waals surface area contributed by atoms with Crippen molar-refractivity contribution in [1.29, 1.82) is 0 Å². The van der Waals surface area contributed by atoms with Crippen LogP contribution >= 0.6 is 0 Å². The van der Waals surface area contributed by atoms with Crippen molar-refractivity contribution >= 4 is 11.8 Å². The number of carbonyl (C=O) groups excluding carboxylic acids is 2. The molecule has 0 aliphatic carbocycles. The van der Waals surface area contributed by atoms with E-state index in [-0.39, 0.29) is 24.0 Å². The molecule has 126 valence electrons. The number of nitrogens with zero attached hydrogens (tertiary/aromatic N) is 1. The van der Waals surface area contributed by atoms with E-state index < -0.39 is 0 Å². The largest absolute Gasteiger partial charge is 0.375 e. The summed E-state index contributed by atoms with van der Waals surface area (Å²) < 4.78 is 10.8. The molecule has 0 aromatic rings. The Hall–Kier alpha value is -1.14. The van der Waals surface area contributed by atoms with Crippen LogP contribution in [0, 0.1) is 11.8 Å². The van der Waals surface area contributed by atoms with E-state index in [2.05, 4.69) is 19.2 Å². The summed E-state index contributed by atoms with van der Waals surface area (Å²) in [6, 6.07) is 0. The van der Waals surface area contributed by atoms with Crippen LogP contribution in [0.3, 0.4) is 0 Å². The first kappa shape index (κ1) is 17.2. The number of ether oxygens (including phenoxy) is 2. The van der Waals surface area contributed by atoms with Crippen molar-refractivity contribution < 1.29 is 19.1 Å². The van der Waals surface area contributed by atoms with Gasteiger partial charge < -0.3 is 19.7 Å². The fraction of sp³-hybridized carbons (Fsp3) is 0.875. The van der Waals surface area contributed by atoms with E-state index in [9.17, 15) is 9.59 Å². The zero-order chi connectivity index (χ0) is 16.2. The van der Waals surface area contributed by atoms with Gasteiger partial charge in [0.05, 0.1) is 19.7 Å². The molecule has 22 heavy (non-hydrogen) atoms. The van der Waals surface area contributed by atoms with Gasteiger partial charge in [0.15, 0.2) is 0 Å². The lowest BCUT2D eigenvalue weighted by atomic mass is 9.82. The van der Waals surface area contributed by atoms with Crippen LogP contribution in [0.4, 0.5) is 0 Å². The molecule has 6 heteroatoms. The van der Waals surface area contributed by atoms with Crippen molar-refractivity contribution in [3.05, 3.63) is 0 Å². The first-order valence-corrected chi connectivity index (χ1v) is 8.11. The molecule has 1 spiro atoms. The minimum Gasteiger partial charge on any atom is -0.375 e. The van der Waals surface area contributed by atoms with Crippen molar-refractivity contribution in [1.82, 2.24) is 10.2 Å². The van der Waals surface area contributed by atoms with Gasteiger partial charge in [-0.25, -0.2) is 0 Å². The number of carbonyl (C=O) groups is 2. The number of hydrogen-bond donors (Lipinski definition) is 1. The normalized spacial score (nSPS) is 23.5. The van der Waals surface area contributed by atoms with Crippen molar-refractivity contribution in [3.8, 4) is 0 Å². The van der Waals surface area contributed by atoms with Gasteiger partial charge in [-0.15, -0.1) is 0 Å². The second kappa shape index (κ2) is 7.42. The topological polar surface area (TPSA) is 67.9 Å². The highest BCUT2D eigenvalue weighted by Gasteiger charge is 2.48. The molecule has 0 aromatic carbocycles. The minimum atomic E-state index is -0.125. The van der Waals surface area contributed by atoms with Gasteiger partial charge in [-0.3, -0.25) is 9.59 Å². The van der Waals surface area contributed by atoms with E-state index >= 15 is 0 Å². The maximum absolute atomic E-state index is 12.0. The highest BCUT2D eigenvalue weighted by Crippen LogP contribution is 2.36. The number of nitrogens with one attached hydrogen (secondary N) is 1. The molecule has 0 bridgehead atoms. The number of rotatable bonds is 6. The summed E-state index contributed by atoms with van der Waals surface area (Å²) in [5.74, 6) is 0.901. The Kier molecular flexibility index (Phi) is 5.81. The predicted octanol–water partition coefficient (Wildman–Crippen LogP) is 0.803. The van der Waals surface area contributed by atoms with E-state index in [1.54, 1.807) is 0 Å². The fourth-order valence-electron chi connectivity index (χ4n) is 3.07. The van der Waals surface area contributed by atoms with E-state index in [4.69, 9.17) is 9.47 Å². The molecule has 2 saturated heterocycles. The molecule has 1 N–H and O–H groups in total. The Bertz CT molecular complexity index is 395. The van der Waals surface area contributed by atoms with Crippen LogP contribution in [0.2, 0.25) is 0 Å². The van der Waals surface area contributed by atoms with Crippen LogP contribution < -0.4 is 5.32 Å². The predicted molar refractivity (Wildman–Crippen MR) is 82.3 cm³/mol. The molecule has 0 saturated carbocycles. The van der Waals surface area contributed by atoms with Crippen molar-refractivity contribution in [2.75, 3.05) is 40.0 Å². The van der Waals surface area contributed by atoms with Gasteiger partial charge in [-0.1, -0.05) is 13.8 Å². The molecule has 2 fully saturated rings. The Morgan fingerprint density at radius 3 is 2.68 bits per heavy atom. The average Bonchev–Trinajstić information content (AvgIpc) is 2.42. The number of methoxy groups -OCH3 is 1. The number of amides is 2. The molecule has 0 aromatic heterocycles. The first-order valence-electron chi connectivity index (χ1n) is 8.11. The molecule has 2 rings (SSSR count). The quantitative estimate of drug-likeness (QED) is 0.788. The highest BCUT2D eigenvalue weighted by molar-refractivity contribution is 5.77. The first-order chi connectivity index (χ1) is 10.4. The third-order valence-electron chi connectivity index (χ3n) is 4.39. The zero-order valence-electron chi connectivity index (χ0n) is 13.9. The SMILES string of the molecule is COCC(=O)NCC1CCC2(CN(C(=O)CC(C)C)C2)OC1. The van der Waals surface area contributed by atoms with Gasteiger partial charge in [0.25, 0.3) is 0 Å². The van der Waals surface area contributed by atoms with Crippen LogP contribution in [0.1, 0.15) is 33.1 Å². The van der Waals surface area contributed by atoms with Gasteiger partial charge >= 0.3 is 0 Å². The molecule has 1 unspecified atom stereocenters. The molecular formula is C16H28N2O4. The third kappa shape index (κ3) is 4.43. The van der Waals surface area contributed by atoms with Crippen LogP contribution in [-0.2, 0) is 19.1 Å². The summed E-state index contributed by atoms with van der Waals surface area (Å²) in [6.07, 6.45) is 2.60. The second-order valence-corrected chi connectivity index (χ2v) is 6.98. The minimum absolute atomic E-state index is 0.0862. The Morgan fingerprint density at radius 1 is 1.41 bits per heavy atom. The molecule has 0 radical (unpaired) electrons. The van der Waals surface area contributed by atoms with Crippen LogP contribution in [0.5, 0.6) is 0 Å². The highest BCUT2D eigenvalue weighted by atomic mass is 16.5. The van der Waals surface area contributed by atoms with Gasteiger partial charge in [-0.05, 0) is 24.7 Å². The maximum Gasteiger partial charge on any atom is 0.245 e. The van der Waals surface area contributed by atoms with Crippen LogP contribution in [0.25, 0.3) is 0 Å². The summed E-state index contributed by atoms with van der Waals surface area (Å²) in [5, 5.41) is 2.86. The summed E-state index contributed by atoms with van der Waals surface area (Å²) in [5.41, 5.74) is -0.125. The van der Waals surface area contributed by atoms with Gasteiger partial charge in [-0.2, -0.15) is 0 Å². The lowest BCUT2D eigenvalue weighted by Crippen LogP contribution is -2.66. The standard InChI is InChI=1S/C16H28N2O4/c1-12(2)6-15(20)18-10-16(11-18)5-4-13(8-22-16)7-17-14(19)9-21-3/h12-13H,4-11H2,1-3H3,(H,17,19). The van der Waals surface area contributed by atoms with Crippen molar-refractivity contribution in [2.45, 2.75) is 38.7 Å². The Labute approximate surface area is 132 Å². The third-order valence-corrected chi connectivity index (χ3v) is 4.39. The van der Waals surface area contributed by atoms with Gasteiger partial charge in [0, 0.05) is 20.1 Å². The van der Waals surface area contributed by atoms with Gasteiger partial charge in [0.2, 0.25) is 11.8 Å². The monoisotopic (exact) mass is 312 g/mol. The summed E-state index contributed by atoms with van der Waals surface area (Å²) in [4.78, 5) is 25.2. The van der Waals surface area contributed by atoms with Crippen molar-refractivity contribution in [3.63, 3.8) is 0 Å². The number of hydrogen-bond acceptors (Lipinski definition) is 4. The lowest BCUT2D eigenvalue weighted by molar-refractivity contribution is -0.189. The summed E-state index contributed by atoms with van der Waals surface area (Å²) >= 11 is 0. The lowest BCUT2D eigenvalue weighted by Gasteiger charge is -2.53. The van der Waals surface area contributed by atoms with E-state index in [1.165, 1.54) is 7.11 Å². The second-order valence-electron chi connectivity index (χ2n) is 6.98. The molecule has 6 nitrogen and oxygen atoms in total. The molecule has 2 heterocycles. The van der Waals surface area contributed by atoms with E-state index in [0.717, 1.165) is 25.9 Å². The smallest absolute Gasteiger partial charge is 0.245 e. The van der Waals surface area contributed by atoms with E-state index in [1.807, 2.05) is 4.90 Å². The molecule has 2 amide bonds. The molecule has 1 atom stereocenters. The van der Waals surface area contributed by atoms with Crippen LogP contribution in [0.15, 0.2) is 0 Å². The molecule has 2 aliphatic rings. The Morgan fingerprint density at radius 2 is 2.14 bits per heavy atom. The van der Waals surface area contributed by atoms with Crippen molar-refractivity contribution in [2.24, 2.45) is 11.8 Å².